The van der Waals surface area contributed by atoms with Gasteiger partial charge in [-0.15, -0.1) is 0 Å². The van der Waals surface area contributed by atoms with E-state index in [1.165, 1.54) is 6.92 Å². The molecule has 8 heteroatoms. The molecule has 3 rings (SSSR count). The Balaban J connectivity index is 2.06. The molecule has 2 heterocycles. The van der Waals surface area contributed by atoms with Gasteiger partial charge in [-0.05, 0) is 24.5 Å². The lowest BCUT2D eigenvalue weighted by atomic mass is 9.87. The zero-order chi connectivity index (χ0) is 18.6. The van der Waals surface area contributed by atoms with Crippen molar-refractivity contribution in [1.82, 2.24) is 4.98 Å². The van der Waals surface area contributed by atoms with Crippen LogP contribution in [-0.2, 0) is 12.8 Å². The topological polar surface area (TPSA) is 59.2 Å². The third-order valence-corrected chi connectivity index (χ3v) is 5.28. The number of hydrogen-bond donors (Lipinski definition) is 1. The Hall–Kier alpha value is -1.86. The molecule has 0 radical (unpaired) electrons. The molecule has 1 aromatic heterocycles. The smallest absolute Gasteiger partial charge is 0.254 e. The molecular formula is C17H21F4N3O. The van der Waals surface area contributed by atoms with E-state index in [1.807, 2.05) is 0 Å². The summed E-state index contributed by atoms with van der Waals surface area (Å²) < 4.78 is 55.0. The number of primary amides is 1. The summed E-state index contributed by atoms with van der Waals surface area (Å²) in [4.78, 5) is 18.0. The lowest BCUT2D eigenvalue weighted by Gasteiger charge is -2.39. The third kappa shape index (κ3) is 3.18. The normalized spacial score (nSPS) is 24.7. The van der Waals surface area contributed by atoms with Crippen LogP contribution in [0.25, 0.3) is 0 Å². The molecule has 2 aliphatic rings. The van der Waals surface area contributed by atoms with Gasteiger partial charge in [0, 0.05) is 44.0 Å². The van der Waals surface area contributed by atoms with Crippen LogP contribution in [0.3, 0.4) is 0 Å². The number of rotatable bonds is 2. The fourth-order valence-electron chi connectivity index (χ4n) is 3.68. The first-order valence-corrected chi connectivity index (χ1v) is 8.34. The molecule has 1 fully saturated rings. The second-order valence-electron chi connectivity index (χ2n) is 7.12. The minimum Gasteiger partial charge on any atom is -0.365 e. The van der Waals surface area contributed by atoms with Crippen molar-refractivity contribution in [2.24, 2.45) is 11.7 Å². The van der Waals surface area contributed by atoms with Gasteiger partial charge < -0.3 is 10.6 Å². The molecule has 1 aliphatic carbocycles. The van der Waals surface area contributed by atoms with Crippen LogP contribution in [0.2, 0.25) is 0 Å². The van der Waals surface area contributed by atoms with E-state index >= 15 is 0 Å². The molecule has 1 aromatic rings. The van der Waals surface area contributed by atoms with Crippen LogP contribution in [-0.4, -0.2) is 35.8 Å². The molecule has 1 saturated heterocycles. The lowest BCUT2D eigenvalue weighted by Crippen LogP contribution is -2.47. The maximum atomic E-state index is 13.8. The minimum absolute atomic E-state index is 0.0364. The van der Waals surface area contributed by atoms with Gasteiger partial charge in [0.05, 0.1) is 5.56 Å². The van der Waals surface area contributed by atoms with Crippen molar-refractivity contribution in [1.29, 1.82) is 0 Å². The number of halogens is 4. The number of pyridine rings is 1. The average Bonchev–Trinajstić information content (AvgIpc) is 2.49. The first-order valence-electron chi connectivity index (χ1n) is 8.34. The van der Waals surface area contributed by atoms with Crippen molar-refractivity contribution in [3.05, 3.63) is 22.4 Å². The molecule has 1 unspecified atom stereocenters. The van der Waals surface area contributed by atoms with Gasteiger partial charge in [-0.1, -0.05) is 6.92 Å². The van der Waals surface area contributed by atoms with E-state index in [0.717, 1.165) is 0 Å². The number of nitrogens with two attached hydrogens (primary N) is 1. The van der Waals surface area contributed by atoms with E-state index in [1.54, 1.807) is 11.8 Å². The first kappa shape index (κ1) is 17.9. The van der Waals surface area contributed by atoms with E-state index in [-0.39, 0.29) is 43.7 Å². The van der Waals surface area contributed by atoms with Gasteiger partial charge in [-0.25, -0.2) is 22.5 Å². The van der Waals surface area contributed by atoms with Crippen molar-refractivity contribution >= 4 is 11.7 Å². The predicted octanol–water partition coefficient (Wildman–Crippen LogP) is 3.09. The van der Waals surface area contributed by atoms with E-state index < -0.39 is 30.1 Å². The van der Waals surface area contributed by atoms with Gasteiger partial charge in [-0.2, -0.15) is 0 Å². The Morgan fingerprint density at radius 3 is 2.56 bits per heavy atom. The number of fused-ring (bicyclic) bond motifs is 1. The fraction of sp³-hybridized carbons (Fsp3) is 0.647. The van der Waals surface area contributed by atoms with Crippen LogP contribution in [0.4, 0.5) is 23.4 Å². The summed E-state index contributed by atoms with van der Waals surface area (Å²) in [6.07, 6.45) is -1.04. The summed E-state index contributed by atoms with van der Waals surface area (Å²) in [6, 6.07) is 0. The predicted molar refractivity (Wildman–Crippen MR) is 85.4 cm³/mol. The minimum atomic E-state index is -2.84. The molecule has 25 heavy (non-hydrogen) atoms. The number of aryl methyl sites for hydroxylation is 1. The van der Waals surface area contributed by atoms with Gasteiger partial charge in [0.15, 0.2) is 0 Å². The monoisotopic (exact) mass is 359 g/mol. The molecule has 1 atom stereocenters. The molecular weight excluding hydrogens is 338 g/mol. The second-order valence-corrected chi connectivity index (χ2v) is 7.12. The highest BCUT2D eigenvalue weighted by Crippen LogP contribution is 2.39. The van der Waals surface area contributed by atoms with E-state index in [9.17, 15) is 22.4 Å². The summed E-state index contributed by atoms with van der Waals surface area (Å²) in [5.74, 6) is -7.03. The Morgan fingerprint density at radius 1 is 1.28 bits per heavy atom. The SMILES string of the molecule is Cc1c2c(nc(N3CCC(F)(F)C(C)C3)c1C(N)=O)CCC(F)(F)C2. The van der Waals surface area contributed by atoms with Gasteiger partial charge in [0.25, 0.3) is 17.8 Å². The highest BCUT2D eigenvalue weighted by Gasteiger charge is 2.43. The maximum absolute atomic E-state index is 13.8. The number of anilines is 1. The van der Waals surface area contributed by atoms with Crippen molar-refractivity contribution in [3.63, 3.8) is 0 Å². The van der Waals surface area contributed by atoms with Gasteiger partial charge in [-0.3, -0.25) is 4.79 Å². The highest BCUT2D eigenvalue weighted by atomic mass is 19.3. The van der Waals surface area contributed by atoms with Gasteiger partial charge in [0.1, 0.15) is 5.82 Å². The number of alkyl halides is 4. The highest BCUT2D eigenvalue weighted by molar-refractivity contribution is 5.99. The summed E-state index contributed by atoms with van der Waals surface area (Å²) in [5, 5.41) is 0. The van der Waals surface area contributed by atoms with Crippen LogP contribution in [0, 0.1) is 12.8 Å². The number of amides is 1. The van der Waals surface area contributed by atoms with Gasteiger partial charge in [0.2, 0.25) is 0 Å². The quantitative estimate of drug-likeness (QED) is 0.826. The Bertz CT molecular complexity index is 720. The van der Waals surface area contributed by atoms with Crippen LogP contribution >= 0.6 is 0 Å². The zero-order valence-corrected chi connectivity index (χ0v) is 14.2. The van der Waals surface area contributed by atoms with E-state index in [4.69, 9.17) is 5.73 Å². The molecule has 0 bridgehead atoms. The number of carbonyl (C=O) groups is 1. The second kappa shape index (κ2) is 5.85. The lowest BCUT2D eigenvalue weighted by molar-refractivity contribution is -0.0652. The summed E-state index contributed by atoms with van der Waals surface area (Å²) in [5.41, 5.74) is 6.78. The van der Waals surface area contributed by atoms with Gasteiger partial charge >= 0.3 is 0 Å². The number of piperidine rings is 1. The van der Waals surface area contributed by atoms with Crippen molar-refractivity contribution in [3.8, 4) is 0 Å². The first-order chi connectivity index (χ1) is 11.5. The molecule has 1 amide bonds. The standard InChI is InChI=1S/C17H21F4N3O/c1-9-8-24(6-5-17(9,20)21)15-13(14(22)25)10(2)11-7-16(18,19)4-3-12(11)23-15/h9H,3-8H2,1-2H3,(H2,22,25). The largest absolute Gasteiger partial charge is 0.365 e. The third-order valence-electron chi connectivity index (χ3n) is 5.28. The molecule has 0 spiro atoms. The Kier molecular flexibility index (Phi) is 4.20. The van der Waals surface area contributed by atoms with Crippen LogP contribution in [0.1, 0.15) is 46.9 Å². The number of aromatic nitrogens is 1. The molecule has 0 saturated carbocycles. The molecule has 2 N–H and O–H groups in total. The number of hydrogen-bond acceptors (Lipinski definition) is 3. The van der Waals surface area contributed by atoms with Crippen molar-refractivity contribution < 1.29 is 22.4 Å². The van der Waals surface area contributed by atoms with E-state index in [0.29, 0.717) is 16.8 Å². The van der Waals surface area contributed by atoms with Crippen LogP contribution in [0.5, 0.6) is 0 Å². The number of carbonyl (C=O) groups excluding carboxylic acids is 1. The van der Waals surface area contributed by atoms with Crippen LogP contribution < -0.4 is 10.6 Å². The van der Waals surface area contributed by atoms with E-state index in [2.05, 4.69) is 4.98 Å². The Morgan fingerprint density at radius 2 is 1.96 bits per heavy atom. The number of nitrogens with zero attached hydrogens (tertiary/aromatic N) is 2. The van der Waals surface area contributed by atoms with Crippen LogP contribution in [0.15, 0.2) is 0 Å². The molecule has 4 nitrogen and oxygen atoms in total. The molecule has 138 valence electrons. The van der Waals surface area contributed by atoms with Crippen molar-refractivity contribution in [2.45, 2.75) is 51.4 Å². The fourth-order valence-corrected chi connectivity index (χ4v) is 3.68. The molecule has 0 aromatic carbocycles. The van der Waals surface area contributed by atoms with Crippen molar-refractivity contribution in [2.75, 3.05) is 18.0 Å². The summed E-state index contributed by atoms with van der Waals surface area (Å²) in [6.45, 7) is 3.10. The zero-order valence-electron chi connectivity index (χ0n) is 14.2. The Labute approximate surface area is 143 Å². The molecule has 1 aliphatic heterocycles. The summed E-state index contributed by atoms with van der Waals surface area (Å²) in [7, 11) is 0. The maximum Gasteiger partial charge on any atom is 0.254 e. The average molecular weight is 359 g/mol. The summed E-state index contributed by atoms with van der Waals surface area (Å²) >= 11 is 0.